The second-order valence-corrected chi connectivity index (χ2v) is 6.81. The lowest BCUT2D eigenvalue weighted by Crippen LogP contribution is -2.34. The Labute approximate surface area is 184 Å². The van der Waals surface area contributed by atoms with Gasteiger partial charge in [-0.25, -0.2) is 4.79 Å². The van der Waals surface area contributed by atoms with Gasteiger partial charge in [0.15, 0.2) is 0 Å². The molecule has 0 saturated carbocycles. The molecule has 172 valence electrons. The Morgan fingerprint density at radius 2 is 1.81 bits per heavy atom. The Kier molecular flexibility index (Phi) is 8.83. The monoisotopic (exact) mass is 447 g/mol. The third kappa shape index (κ3) is 7.16. The summed E-state index contributed by atoms with van der Waals surface area (Å²) in [4.78, 5) is 45.6. The summed E-state index contributed by atoms with van der Waals surface area (Å²) in [6.45, 7) is 4.54. The van der Waals surface area contributed by atoms with Crippen molar-refractivity contribution in [2.24, 2.45) is 7.05 Å². The molecule has 12 nitrogen and oxygen atoms in total. The molecule has 1 aliphatic heterocycles. The van der Waals surface area contributed by atoms with E-state index in [2.05, 4.69) is 9.84 Å². The number of nitrogens with zero attached hydrogens (tertiary/aromatic N) is 5. The van der Waals surface area contributed by atoms with Gasteiger partial charge in [-0.2, -0.15) is 0 Å². The predicted molar refractivity (Wildman–Crippen MR) is 113 cm³/mol. The van der Waals surface area contributed by atoms with E-state index in [0.29, 0.717) is 32.8 Å². The summed E-state index contributed by atoms with van der Waals surface area (Å²) in [5.41, 5.74) is 0.902. The first-order valence-electron chi connectivity index (χ1n) is 9.74. The Bertz CT molecular complexity index is 949. The highest BCUT2D eigenvalue weighted by Gasteiger charge is 2.35. The highest BCUT2D eigenvalue weighted by Crippen LogP contribution is 2.28. The van der Waals surface area contributed by atoms with Gasteiger partial charge in [0.05, 0.1) is 18.1 Å². The van der Waals surface area contributed by atoms with Crippen LogP contribution in [-0.2, 0) is 32.7 Å². The van der Waals surface area contributed by atoms with Crippen LogP contribution in [0.15, 0.2) is 36.5 Å². The minimum absolute atomic E-state index is 0.0882. The fraction of sp³-hybridized carbons (Fsp3) is 0.400. The zero-order chi connectivity index (χ0) is 23.7. The van der Waals surface area contributed by atoms with Crippen LogP contribution in [0.5, 0.6) is 0 Å². The molecule has 0 radical (unpaired) electrons. The van der Waals surface area contributed by atoms with Crippen molar-refractivity contribution in [1.29, 1.82) is 0 Å². The van der Waals surface area contributed by atoms with Gasteiger partial charge in [0.1, 0.15) is 6.20 Å². The molecule has 2 aromatic rings. The van der Waals surface area contributed by atoms with Gasteiger partial charge in [-0.3, -0.25) is 29.3 Å². The van der Waals surface area contributed by atoms with E-state index in [9.17, 15) is 24.5 Å². The molecule has 0 bridgehead atoms. The number of anilines is 1. The van der Waals surface area contributed by atoms with Gasteiger partial charge in [0.2, 0.25) is 5.82 Å². The molecule has 0 atom stereocenters. The Hall–Kier alpha value is -3.80. The molecular weight excluding hydrogens is 422 g/mol. The summed E-state index contributed by atoms with van der Waals surface area (Å²) >= 11 is 0. The van der Waals surface area contributed by atoms with Crippen LogP contribution in [0.4, 0.5) is 16.3 Å². The number of esters is 2. The van der Waals surface area contributed by atoms with Crippen LogP contribution in [0.3, 0.4) is 0 Å². The van der Waals surface area contributed by atoms with E-state index in [1.165, 1.54) is 29.6 Å². The quantitative estimate of drug-likeness (QED) is 0.206. The number of amides is 2. The summed E-state index contributed by atoms with van der Waals surface area (Å²) in [5.74, 6) is -1.04. The summed E-state index contributed by atoms with van der Waals surface area (Å²) in [5, 5.41) is 15.2. The number of carbonyl (C=O) groups is 3. The average molecular weight is 447 g/mol. The molecule has 1 saturated heterocycles. The van der Waals surface area contributed by atoms with Crippen molar-refractivity contribution in [3.63, 3.8) is 0 Å². The Morgan fingerprint density at radius 1 is 1.16 bits per heavy atom. The fourth-order valence-electron chi connectivity index (χ4n) is 2.91. The highest BCUT2D eigenvalue weighted by atomic mass is 16.6. The molecule has 2 amide bonds. The van der Waals surface area contributed by atoms with Gasteiger partial charge in [-0.1, -0.05) is 30.3 Å². The Balaban J connectivity index is 0.000000451. The van der Waals surface area contributed by atoms with E-state index >= 15 is 0 Å². The number of urea groups is 1. The summed E-state index contributed by atoms with van der Waals surface area (Å²) in [6, 6.07) is 9.50. The van der Waals surface area contributed by atoms with E-state index in [-0.39, 0.29) is 17.5 Å². The normalized spacial score (nSPS) is 12.9. The first kappa shape index (κ1) is 24.5. The third-order valence-electron chi connectivity index (χ3n) is 4.24. The standard InChI is InChI=1S/C16H19N5O4.C4H6O3/c1-18-11-14(21(23)24)15(17-18)20-8-7-19(16(20)22)9-10-25-12-13-5-3-2-4-6-13;1-3(5)7-4(2)6/h2-6,11H,7-10,12H2,1H3;1-2H3. The summed E-state index contributed by atoms with van der Waals surface area (Å²) in [6.07, 6.45) is 1.30. The topological polar surface area (TPSA) is 137 Å². The average Bonchev–Trinajstić information content (AvgIpc) is 3.28. The van der Waals surface area contributed by atoms with Gasteiger partial charge < -0.3 is 14.4 Å². The number of ether oxygens (including phenoxy) is 2. The maximum absolute atomic E-state index is 12.5. The maximum atomic E-state index is 12.5. The van der Waals surface area contributed by atoms with Gasteiger partial charge >= 0.3 is 23.7 Å². The van der Waals surface area contributed by atoms with Crippen molar-refractivity contribution in [1.82, 2.24) is 14.7 Å². The molecule has 0 unspecified atom stereocenters. The minimum Gasteiger partial charge on any atom is -0.394 e. The van der Waals surface area contributed by atoms with Crippen LogP contribution in [0.25, 0.3) is 0 Å². The summed E-state index contributed by atoms with van der Waals surface area (Å²) in [7, 11) is 1.59. The molecule has 1 fully saturated rings. The second-order valence-electron chi connectivity index (χ2n) is 6.81. The molecule has 12 heteroatoms. The molecule has 32 heavy (non-hydrogen) atoms. The third-order valence-corrected chi connectivity index (χ3v) is 4.24. The number of aryl methyl sites for hydroxylation is 1. The summed E-state index contributed by atoms with van der Waals surface area (Å²) < 4.78 is 10.9. The van der Waals surface area contributed by atoms with Crippen LogP contribution >= 0.6 is 0 Å². The molecule has 1 aromatic carbocycles. The van der Waals surface area contributed by atoms with E-state index in [4.69, 9.17) is 4.74 Å². The van der Waals surface area contributed by atoms with Crippen LogP contribution in [0, 0.1) is 10.1 Å². The Morgan fingerprint density at radius 3 is 2.38 bits per heavy atom. The van der Waals surface area contributed by atoms with Crippen molar-refractivity contribution in [2.75, 3.05) is 31.1 Å². The fourth-order valence-corrected chi connectivity index (χ4v) is 2.91. The van der Waals surface area contributed by atoms with E-state index in [1.54, 1.807) is 11.9 Å². The molecule has 0 aliphatic carbocycles. The predicted octanol–water partition coefficient (Wildman–Crippen LogP) is 1.88. The number of hydrogen-bond donors (Lipinski definition) is 0. The zero-order valence-electron chi connectivity index (χ0n) is 18.1. The van der Waals surface area contributed by atoms with Crippen LogP contribution in [0.2, 0.25) is 0 Å². The number of nitro groups is 1. The molecule has 0 N–H and O–H groups in total. The van der Waals surface area contributed by atoms with Crippen LogP contribution < -0.4 is 4.90 Å². The van der Waals surface area contributed by atoms with Crippen molar-refractivity contribution in [3.8, 4) is 0 Å². The lowest BCUT2D eigenvalue weighted by atomic mass is 10.2. The SMILES string of the molecule is CC(=O)OC(C)=O.Cn1cc([N+](=O)[O-])c(N2CCN(CCOCc3ccccc3)C2=O)n1. The number of carbonyl (C=O) groups excluding carboxylic acids is 3. The maximum Gasteiger partial charge on any atom is 0.331 e. The van der Waals surface area contributed by atoms with E-state index in [1.807, 2.05) is 30.3 Å². The van der Waals surface area contributed by atoms with E-state index < -0.39 is 16.9 Å². The largest absolute Gasteiger partial charge is 0.394 e. The number of benzene rings is 1. The van der Waals surface area contributed by atoms with Crippen molar-refractivity contribution >= 4 is 29.5 Å². The molecule has 2 heterocycles. The van der Waals surface area contributed by atoms with Crippen molar-refractivity contribution in [3.05, 3.63) is 52.2 Å². The van der Waals surface area contributed by atoms with E-state index in [0.717, 1.165) is 5.56 Å². The van der Waals surface area contributed by atoms with Gasteiger partial charge in [0.25, 0.3) is 0 Å². The lowest BCUT2D eigenvalue weighted by molar-refractivity contribution is -0.384. The molecular formula is C20H25N5O7. The first-order valence-corrected chi connectivity index (χ1v) is 9.74. The highest BCUT2D eigenvalue weighted by molar-refractivity contribution is 5.95. The smallest absolute Gasteiger partial charge is 0.331 e. The molecule has 0 spiro atoms. The van der Waals surface area contributed by atoms with Gasteiger partial charge in [0, 0.05) is 40.5 Å². The second kappa shape index (κ2) is 11.6. The van der Waals surface area contributed by atoms with Crippen molar-refractivity contribution in [2.45, 2.75) is 20.5 Å². The first-order chi connectivity index (χ1) is 15.2. The molecule has 1 aromatic heterocycles. The lowest BCUT2D eigenvalue weighted by Gasteiger charge is -2.16. The van der Waals surface area contributed by atoms with Crippen molar-refractivity contribution < 1.29 is 28.8 Å². The zero-order valence-corrected chi connectivity index (χ0v) is 18.1. The van der Waals surface area contributed by atoms with Gasteiger partial charge in [-0.15, -0.1) is 5.10 Å². The van der Waals surface area contributed by atoms with Crippen LogP contribution in [0.1, 0.15) is 19.4 Å². The number of aromatic nitrogens is 2. The number of rotatable bonds is 7. The molecule has 3 rings (SSSR count). The molecule has 1 aliphatic rings. The van der Waals surface area contributed by atoms with Gasteiger partial charge in [-0.05, 0) is 5.56 Å². The minimum atomic E-state index is -0.562. The van der Waals surface area contributed by atoms with Crippen LogP contribution in [-0.4, -0.2) is 63.8 Å². The number of hydrogen-bond acceptors (Lipinski definition) is 8.